The number of benzene rings is 2. The van der Waals surface area contributed by atoms with E-state index in [4.69, 9.17) is 18.9 Å². The van der Waals surface area contributed by atoms with E-state index in [1.807, 2.05) is 45.9 Å². The molecule has 3 heterocycles. The first-order chi connectivity index (χ1) is 28.5. The molecule has 1 N–H and O–H groups in total. The molecule has 3 aliphatic heterocycles. The van der Waals surface area contributed by atoms with Crippen molar-refractivity contribution in [3.8, 4) is 0 Å². The van der Waals surface area contributed by atoms with Gasteiger partial charge in [-0.25, -0.2) is 0 Å². The van der Waals surface area contributed by atoms with Crippen molar-refractivity contribution in [3.63, 3.8) is 0 Å². The third kappa shape index (κ3) is 11.2. The molecule has 0 bridgehead atoms. The number of Topliss-reactive ketones (excluding diaryl/α,β-unsaturated/α-hetero) is 2. The number of ketones is 2. The van der Waals surface area contributed by atoms with Gasteiger partial charge in [-0.1, -0.05) is 80.0 Å². The van der Waals surface area contributed by atoms with Crippen molar-refractivity contribution in [2.24, 2.45) is 10.8 Å². The average molecular weight is 846 g/mol. The highest BCUT2D eigenvalue weighted by Gasteiger charge is 2.49. The monoisotopic (exact) mass is 845 g/mol. The van der Waals surface area contributed by atoms with E-state index in [9.17, 15) is 14.4 Å². The van der Waals surface area contributed by atoms with Gasteiger partial charge in [-0.3, -0.25) is 14.4 Å². The molecule has 5 aliphatic rings. The minimum absolute atomic E-state index is 0.01000. The molecule has 2 aromatic rings. The number of nitrogens with zero attached hydrogens (tertiary/aromatic N) is 2. The first-order valence-corrected chi connectivity index (χ1v) is 24.0. The number of hydrogen-bond acceptors (Lipinski definition) is 11. The van der Waals surface area contributed by atoms with Crippen molar-refractivity contribution in [1.82, 2.24) is 0 Å². The summed E-state index contributed by atoms with van der Waals surface area (Å²) < 4.78 is 23.0. The second-order valence-electron chi connectivity index (χ2n) is 18.0. The number of nitrogens with one attached hydrogen (secondary N) is 1. The van der Waals surface area contributed by atoms with Crippen LogP contribution in [0, 0.1) is 10.8 Å². The van der Waals surface area contributed by atoms with E-state index in [2.05, 4.69) is 67.1 Å². The highest BCUT2D eigenvalue weighted by molar-refractivity contribution is 8.77. The van der Waals surface area contributed by atoms with Gasteiger partial charge >= 0.3 is 0 Å². The molecular formula is C47H63N3O7S2. The Labute approximate surface area is 359 Å². The van der Waals surface area contributed by atoms with Gasteiger partial charge in [0, 0.05) is 77.5 Å². The molecule has 12 heteroatoms. The van der Waals surface area contributed by atoms with E-state index in [0.717, 1.165) is 47.6 Å². The fourth-order valence-electron chi connectivity index (χ4n) is 9.16. The lowest BCUT2D eigenvalue weighted by Gasteiger charge is -2.49. The standard InChI is InChI=1S/C47H63N3O7S2/c1-46(2)29-38-44(40(51)31-46)43(33-13-15-34(16-14-33)49-18-20-54-22-24-56-26-27-57-25-23-55-21-19-49)45-39(30-47(3,4)32-41(45)52)50(38)37-11-7-6-10-36(37)48-42(53)12-8-5-9-35-17-28-58-59-35/h6-7,10-11,13-16,35,43H,5,8-9,12,17-32H2,1-4H3,(H,48,53). The van der Waals surface area contributed by atoms with Crippen molar-refractivity contribution >= 4 is 56.1 Å². The third-order valence-electron chi connectivity index (χ3n) is 12.0. The summed E-state index contributed by atoms with van der Waals surface area (Å²) in [5, 5.41) is 3.96. The van der Waals surface area contributed by atoms with Gasteiger partial charge in [-0.05, 0) is 72.8 Å². The van der Waals surface area contributed by atoms with Gasteiger partial charge in [0.25, 0.3) is 0 Å². The van der Waals surface area contributed by atoms with Crippen LogP contribution in [0.3, 0.4) is 0 Å². The number of carbonyl (C=O) groups is 3. The highest BCUT2D eigenvalue weighted by atomic mass is 33.1. The quantitative estimate of drug-likeness (QED) is 0.193. The minimum Gasteiger partial charge on any atom is -0.377 e. The molecule has 1 unspecified atom stereocenters. The fourth-order valence-corrected chi connectivity index (χ4v) is 12.2. The Morgan fingerprint density at radius 1 is 0.729 bits per heavy atom. The lowest BCUT2D eigenvalue weighted by atomic mass is 9.63. The Balaban J connectivity index is 1.21. The number of amides is 1. The summed E-state index contributed by atoms with van der Waals surface area (Å²) in [4.78, 5) is 47.3. The molecule has 0 saturated carbocycles. The van der Waals surface area contributed by atoms with Crippen LogP contribution in [0.2, 0.25) is 0 Å². The van der Waals surface area contributed by atoms with Crippen molar-refractivity contribution < 1.29 is 33.3 Å². The Bertz CT molecular complexity index is 1800. The summed E-state index contributed by atoms with van der Waals surface area (Å²) in [6.07, 6.45) is 6.87. The first-order valence-electron chi connectivity index (χ1n) is 21.7. The van der Waals surface area contributed by atoms with Gasteiger partial charge in [0.2, 0.25) is 5.91 Å². The van der Waals surface area contributed by atoms with Crippen molar-refractivity contribution in [2.45, 2.75) is 96.7 Å². The molecule has 320 valence electrons. The van der Waals surface area contributed by atoms with E-state index < -0.39 is 5.92 Å². The predicted octanol–water partition coefficient (Wildman–Crippen LogP) is 9.12. The van der Waals surface area contributed by atoms with Gasteiger partial charge in [0.05, 0.1) is 64.2 Å². The molecule has 2 saturated heterocycles. The zero-order chi connectivity index (χ0) is 41.4. The lowest BCUT2D eigenvalue weighted by molar-refractivity contribution is -0.119. The molecule has 2 fully saturated rings. The van der Waals surface area contributed by atoms with Crippen LogP contribution < -0.4 is 15.1 Å². The first kappa shape index (κ1) is 43.9. The SMILES string of the molecule is CC1(C)CC(=O)C2=C(C1)N(c1ccccc1NC(=O)CCCCC1CCSS1)C1=C(C(=O)CC(C)(C)C1)C2c1ccc(N2CCOCCOCCOCCOCC2)cc1. The molecule has 7 rings (SSSR count). The van der Waals surface area contributed by atoms with Crippen LogP contribution in [-0.2, 0) is 33.3 Å². The van der Waals surface area contributed by atoms with E-state index in [-0.39, 0.29) is 28.3 Å². The number of para-hydroxylation sites is 2. The summed E-state index contributed by atoms with van der Waals surface area (Å²) in [5.41, 5.74) is 6.17. The summed E-state index contributed by atoms with van der Waals surface area (Å²) in [7, 11) is 3.94. The normalized spacial score (nSPS) is 23.7. The number of allylic oxidation sites excluding steroid dienone is 4. The van der Waals surface area contributed by atoms with Crippen molar-refractivity contribution in [1.29, 1.82) is 0 Å². The van der Waals surface area contributed by atoms with Crippen LogP contribution in [-0.4, -0.2) is 94.4 Å². The van der Waals surface area contributed by atoms with Crippen LogP contribution in [0.5, 0.6) is 0 Å². The van der Waals surface area contributed by atoms with Gasteiger partial charge in [0.15, 0.2) is 11.6 Å². The molecule has 2 aromatic carbocycles. The number of ether oxygens (including phenoxy) is 4. The van der Waals surface area contributed by atoms with E-state index >= 15 is 0 Å². The number of anilines is 3. The predicted molar refractivity (Wildman–Crippen MR) is 239 cm³/mol. The maximum Gasteiger partial charge on any atom is 0.224 e. The molecule has 10 nitrogen and oxygen atoms in total. The fraction of sp³-hybridized carbons (Fsp3) is 0.596. The van der Waals surface area contributed by atoms with Gasteiger partial charge in [-0.2, -0.15) is 0 Å². The highest BCUT2D eigenvalue weighted by Crippen LogP contribution is 2.56. The molecule has 0 radical (unpaired) electrons. The van der Waals surface area contributed by atoms with Crippen molar-refractivity contribution in [2.75, 3.05) is 86.8 Å². The summed E-state index contributed by atoms with van der Waals surface area (Å²) in [6.45, 7) is 14.2. The summed E-state index contributed by atoms with van der Waals surface area (Å²) in [6, 6.07) is 16.3. The molecular weight excluding hydrogens is 783 g/mol. The maximum atomic E-state index is 14.6. The second kappa shape index (κ2) is 20.2. The number of rotatable bonds is 9. The van der Waals surface area contributed by atoms with Crippen LogP contribution in [0.1, 0.15) is 97.0 Å². The Morgan fingerprint density at radius 2 is 1.29 bits per heavy atom. The molecule has 1 atom stereocenters. The van der Waals surface area contributed by atoms with Crippen LogP contribution >= 0.6 is 21.6 Å². The van der Waals surface area contributed by atoms with Crippen LogP contribution in [0.4, 0.5) is 17.1 Å². The van der Waals surface area contributed by atoms with Crippen LogP contribution in [0.15, 0.2) is 71.1 Å². The smallest absolute Gasteiger partial charge is 0.224 e. The summed E-state index contributed by atoms with van der Waals surface area (Å²) in [5.74, 6) is 0.881. The number of hydrogen-bond donors (Lipinski definition) is 1. The molecule has 1 amide bonds. The second-order valence-corrected chi connectivity index (χ2v) is 20.8. The topological polar surface area (TPSA) is 107 Å². The van der Waals surface area contributed by atoms with Crippen LogP contribution in [0.25, 0.3) is 0 Å². The molecule has 2 aliphatic carbocycles. The zero-order valence-electron chi connectivity index (χ0n) is 35.5. The number of carbonyl (C=O) groups excluding carboxylic acids is 3. The van der Waals surface area contributed by atoms with Gasteiger partial charge in [-0.15, -0.1) is 0 Å². The maximum absolute atomic E-state index is 14.6. The van der Waals surface area contributed by atoms with E-state index in [1.54, 1.807) is 0 Å². The largest absolute Gasteiger partial charge is 0.377 e. The minimum atomic E-state index is -0.481. The Morgan fingerprint density at radius 3 is 1.85 bits per heavy atom. The summed E-state index contributed by atoms with van der Waals surface area (Å²) >= 11 is 0. The number of unbranched alkanes of at least 4 members (excludes halogenated alkanes) is 1. The van der Waals surface area contributed by atoms with Crippen molar-refractivity contribution in [3.05, 3.63) is 76.6 Å². The van der Waals surface area contributed by atoms with E-state index in [0.29, 0.717) is 120 Å². The van der Waals surface area contributed by atoms with E-state index in [1.165, 1.54) is 12.2 Å². The Hall–Kier alpha value is -3.13. The average Bonchev–Trinajstić information content (AvgIpc) is 3.71. The zero-order valence-corrected chi connectivity index (χ0v) is 37.1. The lowest BCUT2D eigenvalue weighted by Crippen LogP contribution is -2.44. The van der Waals surface area contributed by atoms with Gasteiger partial charge in [0.1, 0.15) is 0 Å². The molecule has 59 heavy (non-hydrogen) atoms. The molecule has 0 spiro atoms. The molecule has 0 aromatic heterocycles. The third-order valence-corrected chi connectivity index (χ3v) is 15.0. The van der Waals surface area contributed by atoms with Gasteiger partial charge < -0.3 is 34.1 Å². The Kier molecular flexibility index (Phi) is 15.0.